The normalized spacial score (nSPS) is 11.4. The topological polar surface area (TPSA) is 89.3 Å². The van der Waals surface area contributed by atoms with E-state index in [4.69, 9.17) is 10.6 Å². The van der Waals surface area contributed by atoms with Gasteiger partial charge in [-0.2, -0.15) is 0 Å². The van der Waals surface area contributed by atoms with Gasteiger partial charge >= 0.3 is 0 Å². The van der Waals surface area contributed by atoms with Gasteiger partial charge in [0, 0.05) is 17.3 Å². The molecule has 0 spiro atoms. The number of hydrazine groups is 1. The predicted molar refractivity (Wildman–Crippen MR) is 107 cm³/mol. The SMILES string of the molecule is COc1cc(NC(=O)c2ccc(C(C)(C)C)cc2)cc2sc(NN)nc12. The van der Waals surface area contributed by atoms with Gasteiger partial charge in [0.15, 0.2) is 5.13 Å². The summed E-state index contributed by atoms with van der Waals surface area (Å²) >= 11 is 1.39. The Hall–Kier alpha value is -2.64. The Morgan fingerprint density at radius 2 is 1.88 bits per heavy atom. The van der Waals surface area contributed by atoms with Gasteiger partial charge < -0.3 is 10.1 Å². The predicted octanol–water partition coefficient (Wildman–Crippen LogP) is 4.14. The minimum atomic E-state index is -0.173. The number of rotatable bonds is 4. The van der Waals surface area contributed by atoms with E-state index in [0.717, 1.165) is 4.70 Å². The fourth-order valence-corrected chi connectivity index (χ4v) is 3.45. The first-order chi connectivity index (χ1) is 12.3. The summed E-state index contributed by atoms with van der Waals surface area (Å²) in [6.07, 6.45) is 0. The minimum absolute atomic E-state index is 0.0499. The Labute approximate surface area is 156 Å². The molecular formula is C19H22N4O2S. The van der Waals surface area contributed by atoms with Gasteiger partial charge in [0.1, 0.15) is 11.3 Å². The Balaban J connectivity index is 1.87. The molecule has 3 aromatic rings. The molecule has 0 atom stereocenters. The van der Waals surface area contributed by atoms with Gasteiger partial charge in [-0.05, 0) is 29.2 Å². The number of anilines is 2. The lowest BCUT2D eigenvalue weighted by Crippen LogP contribution is -2.14. The average molecular weight is 370 g/mol. The minimum Gasteiger partial charge on any atom is -0.494 e. The molecule has 0 saturated carbocycles. The highest BCUT2D eigenvalue weighted by Gasteiger charge is 2.16. The van der Waals surface area contributed by atoms with Crippen molar-refractivity contribution in [3.63, 3.8) is 0 Å². The number of hydrogen-bond donors (Lipinski definition) is 3. The number of fused-ring (bicyclic) bond motifs is 1. The average Bonchev–Trinajstić information content (AvgIpc) is 3.03. The zero-order valence-corrected chi connectivity index (χ0v) is 16.0. The van der Waals surface area contributed by atoms with Crippen molar-refractivity contribution >= 4 is 38.3 Å². The molecule has 26 heavy (non-hydrogen) atoms. The summed E-state index contributed by atoms with van der Waals surface area (Å²) in [7, 11) is 1.57. The van der Waals surface area contributed by atoms with E-state index in [1.54, 1.807) is 13.2 Å². The molecule has 2 aromatic carbocycles. The summed E-state index contributed by atoms with van der Waals surface area (Å²) in [4.78, 5) is 16.9. The van der Waals surface area contributed by atoms with Crippen molar-refractivity contribution in [2.75, 3.05) is 17.9 Å². The van der Waals surface area contributed by atoms with Gasteiger partial charge in [-0.15, -0.1) is 0 Å². The second-order valence-electron chi connectivity index (χ2n) is 6.97. The van der Waals surface area contributed by atoms with Crippen molar-refractivity contribution in [3.05, 3.63) is 47.5 Å². The highest BCUT2D eigenvalue weighted by Crippen LogP contribution is 2.35. The molecule has 0 fully saturated rings. The quantitative estimate of drug-likeness (QED) is 0.474. The van der Waals surface area contributed by atoms with Crippen LogP contribution in [0.4, 0.5) is 10.8 Å². The van der Waals surface area contributed by atoms with Crippen molar-refractivity contribution < 1.29 is 9.53 Å². The van der Waals surface area contributed by atoms with Crippen LogP contribution in [0.2, 0.25) is 0 Å². The van der Waals surface area contributed by atoms with Crippen LogP contribution >= 0.6 is 11.3 Å². The fraction of sp³-hybridized carbons (Fsp3) is 0.263. The third-order valence-corrected chi connectivity index (χ3v) is 5.01. The molecule has 0 saturated heterocycles. The van der Waals surface area contributed by atoms with Crippen LogP contribution in [-0.2, 0) is 5.41 Å². The molecule has 6 nitrogen and oxygen atoms in total. The van der Waals surface area contributed by atoms with Gasteiger partial charge in [-0.1, -0.05) is 44.2 Å². The molecule has 0 aliphatic rings. The lowest BCUT2D eigenvalue weighted by atomic mass is 9.87. The molecule has 7 heteroatoms. The van der Waals surface area contributed by atoms with Crippen molar-refractivity contribution in [1.82, 2.24) is 4.98 Å². The van der Waals surface area contributed by atoms with Crippen LogP contribution in [-0.4, -0.2) is 18.0 Å². The van der Waals surface area contributed by atoms with Crippen molar-refractivity contribution in [2.45, 2.75) is 26.2 Å². The molecular weight excluding hydrogens is 348 g/mol. The summed E-state index contributed by atoms with van der Waals surface area (Å²) < 4.78 is 6.26. The molecule has 1 aromatic heterocycles. The number of nitrogens with two attached hydrogens (primary N) is 1. The van der Waals surface area contributed by atoms with E-state index in [-0.39, 0.29) is 11.3 Å². The summed E-state index contributed by atoms with van der Waals surface area (Å²) in [5.41, 5.74) is 5.72. The second-order valence-corrected chi connectivity index (χ2v) is 8.00. The van der Waals surface area contributed by atoms with E-state index in [0.29, 0.717) is 27.6 Å². The van der Waals surface area contributed by atoms with Gasteiger partial charge in [-0.25, -0.2) is 10.8 Å². The highest BCUT2D eigenvalue weighted by atomic mass is 32.1. The van der Waals surface area contributed by atoms with Crippen LogP contribution in [0.1, 0.15) is 36.7 Å². The summed E-state index contributed by atoms with van der Waals surface area (Å²) in [5.74, 6) is 5.84. The van der Waals surface area contributed by atoms with Crippen LogP contribution in [0.3, 0.4) is 0 Å². The summed E-state index contributed by atoms with van der Waals surface area (Å²) in [6.45, 7) is 6.43. The molecule has 0 unspecified atom stereocenters. The molecule has 0 radical (unpaired) electrons. The largest absolute Gasteiger partial charge is 0.494 e. The van der Waals surface area contributed by atoms with Crippen LogP contribution in [0.15, 0.2) is 36.4 Å². The number of nitrogen functional groups attached to an aromatic ring is 1. The Morgan fingerprint density at radius 3 is 2.46 bits per heavy atom. The molecule has 0 aliphatic heterocycles. The molecule has 3 rings (SSSR count). The first kappa shape index (κ1) is 18.2. The number of ether oxygens (including phenoxy) is 1. The number of nitrogens with one attached hydrogen (secondary N) is 2. The lowest BCUT2D eigenvalue weighted by Gasteiger charge is -2.19. The number of amides is 1. The van der Waals surface area contributed by atoms with Gasteiger partial charge in [-0.3, -0.25) is 10.2 Å². The van der Waals surface area contributed by atoms with Crippen molar-refractivity contribution in [3.8, 4) is 5.75 Å². The Morgan fingerprint density at radius 1 is 1.19 bits per heavy atom. The zero-order valence-electron chi connectivity index (χ0n) is 15.2. The number of nitrogens with zero attached hydrogens (tertiary/aromatic N) is 1. The number of aromatic nitrogens is 1. The van der Waals surface area contributed by atoms with E-state index < -0.39 is 0 Å². The van der Waals surface area contributed by atoms with Crippen molar-refractivity contribution in [2.24, 2.45) is 5.84 Å². The highest BCUT2D eigenvalue weighted by molar-refractivity contribution is 7.22. The molecule has 1 heterocycles. The maximum absolute atomic E-state index is 12.6. The lowest BCUT2D eigenvalue weighted by molar-refractivity contribution is 0.102. The van der Waals surface area contributed by atoms with Crippen LogP contribution in [0, 0.1) is 0 Å². The number of hydrogen-bond acceptors (Lipinski definition) is 6. The number of benzene rings is 2. The Bertz CT molecular complexity index is 943. The van der Waals surface area contributed by atoms with Gasteiger partial charge in [0.25, 0.3) is 5.91 Å². The summed E-state index contributed by atoms with van der Waals surface area (Å²) in [5, 5.41) is 3.50. The van der Waals surface area contributed by atoms with E-state index in [1.807, 2.05) is 30.3 Å². The molecule has 1 amide bonds. The van der Waals surface area contributed by atoms with Gasteiger partial charge in [0.05, 0.1) is 11.8 Å². The fourth-order valence-electron chi connectivity index (χ4n) is 2.61. The first-order valence-corrected chi connectivity index (χ1v) is 9.00. The maximum atomic E-state index is 12.6. The third kappa shape index (κ3) is 3.63. The summed E-state index contributed by atoms with van der Waals surface area (Å²) in [6, 6.07) is 11.3. The number of carbonyl (C=O) groups excluding carboxylic acids is 1. The van der Waals surface area contributed by atoms with E-state index >= 15 is 0 Å². The molecule has 4 N–H and O–H groups in total. The van der Waals surface area contributed by atoms with E-state index in [2.05, 4.69) is 36.5 Å². The second kappa shape index (κ2) is 6.93. The molecule has 0 bridgehead atoms. The van der Waals surface area contributed by atoms with Crippen LogP contribution in [0.5, 0.6) is 5.75 Å². The monoisotopic (exact) mass is 370 g/mol. The molecule has 136 valence electrons. The number of thiazole rings is 1. The number of carbonyl (C=O) groups is 1. The third-order valence-electron chi connectivity index (χ3n) is 4.07. The van der Waals surface area contributed by atoms with E-state index in [1.165, 1.54) is 16.9 Å². The van der Waals surface area contributed by atoms with Crippen molar-refractivity contribution in [1.29, 1.82) is 0 Å². The maximum Gasteiger partial charge on any atom is 0.255 e. The standard InChI is InChI=1S/C19H22N4O2S/c1-19(2,3)12-7-5-11(6-8-12)17(24)21-13-9-14(25-4)16-15(10-13)26-18(22-16)23-20/h5-10H,20H2,1-4H3,(H,21,24)(H,22,23). The first-order valence-electron chi connectivity index (χ1n) is 8.19. The number of methoxy groups -OCH3 is 1. The smallest absolute Gasteiger partial charge is 0.255 e. The zero-order chi connectivity index (χ0) is 18.9. The Kier molecular flexibility index (Phi) is 4.84. The van der Waals surface area contributed by atoms with Crippen LogP contribution < -0.4 is 21.3 Å². The molecule has 0 aliphatic carbocycles. The van der Waals surface area contributed by atoms with Gasteiger partial charge in [0.2, 0.25) is 0 Å². The van der Waals surface area contributed by atoms with E-state index in [9.17, 15) is 4.79 Å². The van der Waals surface area contributed by atoms with Crippen LogP contribution in [0.25, 0.3) is 10.2 Å².